The van der Waals surface area contributed by atoms with E-state index in [9.17, 15) is 28.7 Å². The number of hydrogen-bond acceptors (Lipinski definition) is 9. The van der Waals surface area contributed by atoms with Crippen molar-refractivity contribution in [3.05, 3.63) is 112 Å². The van der Waals surface area contributed by atoms with Crippen molar-refractivity contribution < 1.29 is 33.4 Å². The molecule has 0 radical (unpaired) electrons. The number of azo groups is 1. The number of halogens is 4. The molecular formula is C41H33Cl2FIN5O6. The summed E-state index contributed by atoms with van der Waals surface area (Å²) in [5.74, 6) is -6.76. The van der Waals surface area contributed by atoms with Crippen LogP contribution in [0.2, 0.25) is 0 Å². The number of allylic oxidation sites excluding steroid dienone is 2. The molecule has 1 saturated carbocycles. The van der Waals surface area contributed by atoms with Crippen LogP contribution in [0.15, 0.2) is 107 Å². The van der Waals surface area contributed by atoms with Crippen LogP contribution in [0.1, 0.15) is 24.3 Å². The lowest BCUT2D eigenvalue weighted by Crippen LogP contribution is -2.60. The van der Waals surface area contributed by atoms with Crippen molar-refractivity contribution in [1.29, 1.82) is 0 Å². The fourth-order valence-corrected chi connectivity index (χ4v) is 10.1. The highest BCUT2D eigenvalue weighted by molar-refractivity contribution is 14.1. The molecule has 2 aliphatic heterocycles. The van der Waals surface area contributed by atoms with Gasteiger partial charge in [0.05, 0.1) is 45.3 Å². The van der Waals surface area contributed by atoms with Gasteiger partial charge in [-0.25, -0.2) is 9.29 Å². The Kier molecular flexibility index (Phi) is 9.48. The summed E-state index contributed by atoms with van der Waals surface area (Å²) in [7, 11) is 5.27. The molecule has 2 saturated heterocycles. The molecule has 56 heavy (non-hydrogen) atoms. The van der Waals surface area contributed by atoms with Crippen LogP contribution in [-0.4, -0.2) is 59.7 Å². The van der Waals surface area contributed by atoms with E-state index in [0.717, 1.165) is 27.6 Å². The SMILES string of the molecule is COc1cc([C@H]2C3=CC[C@@H]4C(=O)N(c5ccc(N=Nc6ccc(N(C)C)cc6)cc5)C(=O)[C@@H]4[C@@H]3C[C@@]3(Cl)C(=O)N(c4ccc(F)cc4)C(=O)[C@@]23Cl)cc(I)c1O. The van der Waals surface area contributed by atoms with E-state index in [-0.39, 0.29) is 30.0 Å². The third kappa shape index (κ3) is 5.72. The van der Waals surface area contributed by atoms with Crippen LogP contribution in [0, 0.1) is 27.1 Å². The zero-order valence-electron chi connectivity index (χ0n) is 30.1. The summed E-state index contributed by atoms with van der Waals surface area (Å²) in [5, 5.41) is 19.4. The Labute approximate surface area is 344 Å². The van der Waals surface area contributed by atoms with Crippen LogP contribution >= 0.6 is 45.8 Å². The Morgan fingerprint density at radius 1 is 0.839 bits per heavy atom. The number of fused-ring (bicyclic) bond motifs is 4. The summed E-state index contributed by atoms with van der Waals surface area (Å²) in [5.41, 5.74) is 3.59. The zero-order chi connectivity index (χ0) is 39.8. The minimum absolute atomic E-state index is 0.0748. The summed E-state index contributed by atoms with van der Waals surface area (Å²) < 4.78 is 19.8. The first kappa shape index (κ1) is 38.0. The monoisotopic (exact) mass is 907 g/mol. The smallest absolute Gasteiger partial charge is 0.258 e. The molecule has 4 aromatic carbocycles. The molecule has 11 nitrogen and oxygen atoms in total. The van der Waals surface area contributed by atoms with Gasteiger partial charge >= 0.3 is 0 Å². The van der Waals surface area contributed by atoms with Crippen molar-refractivity contribution in [1.82, 2.24) is 0 Å². The van der Waals surface area contributed by atoms with E-state index in [2.05, 4.69) is 10.2 Å². The largest absolute Gasteiger partial charge is 0.504 e. The molecular weight excluding hydrogens is 875 g/mol. The highest BCUT2D eigenvalue weighted by Gasteiger charge is 2.76. The minimum Gasteiger partial charge on any atom is -0.504 e. The lowest BCUT2D eigenvalue weighted by molar-refractivity contribution is -0.125. The maximum Gasteiger partial charge on any atom is 0.258 e. The summed E-state index contributed by atoms with van der Waals surface area (Å²) in [6.07, 6.45) is 1.74. The molecule has 1 N–H and O–H groups in total. The van der Waals surface area contributed by atoms with E-state index >= 15 is 0 Å². The maximum atomic E-state index is 14.6. The minimum atomic E-state index is -2.13. The fraction of sp³-hybridized carbons (Fsp3) is 0.268. The van der Waals surface area contributed by atoms with Crippen LogP contribution in [0.3, 0.4) is 0 Å². The molecule has 286 valence electrons. The van der Waals surface area contributed by atoms with E-state index in [1.165, 1.54) is 25.3 Å². The molecule has 8 rings (SSSR count). The highest BCUT2D eigenvalue weighted by atomic mass is 127. The van der Waals surface area contributed by atoms with Gasteiger partial charge < -0.3 is 14.7 Å². The van der Waals surface area contributed by atoms with E-state index in [0.29, 0.717) is 31.8 Å². The van der Waals surface area contributed by atoms with Gasteiger partial charge in [-0.15, -0.1) is 23.2 Å². The zero-order valence-corrected chi connectivity index (χ0v) is 33.8. The molecule has 4 amide bonds. The van der Waals surface area contributed by atoms with Gasteiger partial charge in [-0.1, -0.05) is 11.6 Å². The predicted octanol–water partition coefficient (Wildman–Crippen LogP) is 8.39. The van der Waals surface area contributed by atoms with E-state index in [4.69, 9.17) is 27.9 Å². The number of rotatable bonds is 7. The predicted molar refractivity (Wildman–Crippen MR) is 218 cm³/mol. The number of carbonyl (C=O) groups excluding carboxylic acids is 4. The molecule has 4 aliphatic rings. The quantitative estimate of drug-likeness (QED) is 0.0648. The first-order valence-corrected chi connectivity index (χ1v) is 19.5. The number of hydrogen-bond donors (Lipinski definition) is 1. The second kappa shape index (κ2) is 14.0. The Balaban J connectivity index is 1.17. The molecule has 0 bridgehead atoms. The summed E-state index contributed by atoms with van der Waals surface area (Å²) >= 11 is 16.9. The molecule has 0 aromatic heterocycles. The lowest BCUT2D eigenvalue weighted by Gasteiger charge is -2.50. The van der Waals surface area contributed by atoms with E-state index in [1.807, 2.05) is 71.9 Å². The third-order valence-electron chi connectivity index (χ3n) is 11.3. The Bertz CT molecular complexity index is 2380. The van der Waals surface area contributed by atoms with Gasteiger partial charge in [0, 0.05) is 25.7 Å². The van der Waals surface area contributed by atoms with Crippen LogP contribution in [0.5, 0.6) is 11.5 Å². The molecule has 15 heteroatoms. The van der Waals surface area contributed by atoms with Crippen molar-refractivity contribution >= 4 is 97.9 Å². The number of nitrogens with zero attached hydrogens (tertiary/aromatic N) is 5. The number of phenolic OH excluding ortho intramolecular Hbond substituents is 1. The lowest BCUT2D eigenvalue weighted by atomic mass is 9.56. The Morgan fingerprint density at radius 3 is 2.04 bits per heavy atom. The first-order chi connectivity index (χ1) is 26.7. The molecule has 0 unspecified atom stereocenters. The number of ether oxygens (including phenoxy) is 1. The average molecular weight is 909 g/mol. The van der Waals surface area contributed by atoms with Gasteiger partial charge in [0.15, 0.2) is 21.2 Å². The van der Waals surface area contributed by atoms with Crippen LogP contribution in [-0.2, 0) is 19.2 Å². The third-order valence-corrected chi connectivity index (χ3v) is 13.5. The standard InChI is InChI=1S/C41H33Cl2FIN5O6/c1-48(2)25-12-6-23(7-13-25)46-47-24-8-14-26(15-9-24)49-36(52)29-17-16-28-30(33(29)37(49)53)20-40(42)38(54)50(27-10-4-22(44)5-11-27)39(55)41(40,43)34(28)21-18-31(45)35(51)32(19-21)56-3/h4-16,18-19,29-30,33-34,51H,17,20H2,1-3H3/t29-,30+,33-,34-,40+,41-/m0/s1. The van der Waals surface area contributed by atoms with Crippen molar-refractivity contribution in [3.8, 4) is 11.5 Å². The average Bonchev–Trinajstić information content (AvgIpc) is 3.53. The number of aromatic hydroxyl groups is 1. The van der Waals surface area contributed by atoms with Crippen LogP contribution in [0.25, 0.3) is 0 Å². The fourth-order valence-electron chi connectivity index (χ4n) is 8.54. The Morgan fingerprint density at radius 2 is 1.43 bits per heavy atom. The number of methoxy groups -OCH3 is 1. The molecule has 2 aliphatic carbocycles. The summed E-state index contributed by atoms with van der Waals surface area (Å²) in [6.45, 7) is 0. The number of imide groups is 2. The van der Waals surface area contributed by atoms with Crippen LogP contribution < -0.4 is 19.4 Å². The number of carbonyl (C=O) groups is 4. The van der Waals surface area contributed by atoms with Gasteiger partial charge in [-0.3, -0.25) is 24.1 Å². The second-order valence-corrected chi connectivity index (χ2v) is 16.8. The summed E-state index contributed by atoms with van der Waals surface area (Å²) in [4.78, 5) is 57.6. The number of benzene rings is 4. The van der Waals surface area contributed by atoms with Crippen molar-refractivity contribution in [2.75, 3.05) is 35.9 Å². The number of alkyl halides is 2. The molecule has 0 spiro atoms. The number of amides is 4. The van der Waals surface area contributed by atoms with Gasteiger partial charge in [0.2, 0.25) is 11.8 Å². The van der Waals surface area contributed by atoms with Crippen LogP contribution in [0.4, 0.5) is 32.8 Å². The van der Waals surface area contributed by atoms with Gasteiger partial charge in [-0.05, 0) is 132 Å². The topological polar surface area (TPSA) is 132 Å². The number of anilines is 3. The molecule has 3 fully saturated rings. The molecule has 4 aromatic rings. The van der Waals surface area contributed by atoms with Crippen molar-refractivity contribution in [2.45, 2.75) is 28.5 Å². The number of phenols is 1. The maximum absolute atomic E-state index is 14.6. The van der Waals surface area contributed by atoms with Gasteiger partial charge in [-0.2, -0.15) is 10.2 Å². The van der Waals surface area contributed by atoms with E-state index < -0.39 is 62.9 Å². The van der Waals surface area contributed by atoms with Gasteiger partial charge in [0.1, 0.15) is 5.82 Å². The molecule has 6 atom stereocenters. The normalized spacial score (nSPS) is 27.0. The first-order valence-electron chi connectivity index (χ1n) is 17.6. The van der Waals surface area contributed by atoms with Crippen molar-refractivity contribution in [2.24, 2.45) is 28.0 Å². The Hall–Kier alpha value is -4.86. The second-order valence-electron chi connectivity index (χ2n) is 14.4. The van der Waals surface area contributed by atoms with Gasteiger partial charge in [0.25, 0.3) is 11.8 Å². The van der Waals surface area contributed by atoms with Crippen molar-refractivity contribution in [3.63, 3.8) is 0 Å². The highest BCUT2D eigenvalue weighted by Crippen LogP contribution is 2.66. The summed E-state index contributed by atoms with van der Waals surface area (Å²) in [6, 6.07) is 22.1. The molecule has 2 heterocycles. The van der Waals surface area contributed by atoms with E-state index in [1.54, 1.807) is 30.3 Å².